The Hall–Kier alpha value is -2.35. The minimum atomic E-state index is -0.489. The van der Waals surface area contributed by atoms with Gasteiger partial charge in [-0.3, -0.25) is 10.1 Å². The molecule has 0 saturated carbocycles. The molecule has 1 aromatic heterocycles. The fourth-order valence-electron chi connectivity index (χ4n) is 2.09. The van der Waals surface area contributed by atoms with Crippen molar-refractivity contribution in [2.24, 2.45) is 0 Å². The van der Waals surface area contributed by atoms with Crippen LogP contribution in [0.2, 0.25) is 0 Å². The van der Waals surface area contributed by atoms with Crippen molar-refractivity contribution < 1.29 is 9.59 Å². The summed E-state index contributed by atoms with van der Waals surface area (Å²) in [5.41, 5.74) is 0.970. The summed E-state index contributed by atoms with van der Waals surface area (Å²) in [7, 11) is 0. The third-order valence-electron chi connectivity index (χ3n) is 3.29. The van der Waals surface area contributed by atoms with Crippen LogP contribution in [0.5, 0.6) is 0 Å². The molecular formula is C16H21N5O2S. The SMILES string of the molecule is CCNC(=O)NC(=O)C(C)Sc1nnc(-c2ccccc2)n1CC. The number of nitrogens with one attached hydrogen (secondary N) is 2. The fourth-order valence-corrected chi connectivity index (χ4v) is 3.00. The van der Waals surface area contributed by atoms with E-state index >= 15 is 0 Å². The molecule has 0 aliphatic rings. The Morgan fingerprint density at radius 2 is 1.92 bits per heavy atom. The van der Waals surface area contributed by atoms with E-state index in [1.165, 1.54) is 11.8 Å². The molecule has 2 rings (SSSR count). The van der Waals surface area contributed by atoms with Crippen molar-refractivity contribution in [3.8, 4) is 11.4 Å². The van der Waals surface area contributed by atoms with Crippen LogP contribution in [0.3, 0.4) is 0 Å². The maximum Gasteiger partial charge on any atom is 0.321 e. The number of rotatable bonds is 6. The second-order valence-corrected chi connectivity index (χ2v) is 6.33. The first-order chi connectivity index (χ1) is 11.6. The molecule has 1 heterocycles. The number of nitrogens with zero attached hydrogens (tertiary/aromatic N) is 3. The zero-order valence-corrected chi connectivity index (χ0v) is 14.8. The number of hydrogen-bond donors (Lipinski definition) is 2. The van der Waals surface area contributed by atoms with Gasteiger partial charge in [0.05, 0.1) is 5.25 Å². The number of amides is 3. The van der Waals surface area contributed by atoms with Gasteiger partial charge in [0, 0.05) is 18.7 Å². The molecule has 1 atom stereocenters. The van der Waals surface area contributed by atoms with Crippen molar-refractivity contribution in [1.82, 2.24) is 25.4 Å². The van der Waals surface area contributed by atoms with Crippen molar-refractivity contribution in [1.29, 1.82) is 0 Å². The van der Waals surface area contributed by atoms with Gasteiger partial charge in [0.1, 0.15) is 0 Å². The molecule has 0 radical (unpaired) electrons. The minimum Gasteiger partial charge on any atom is -0.338 e. The second-order valence-electron chi connectivity index (χ2n) is 5.03. The Labute approximate surface area is 145 Å². The Balaban J connectivity index is 2.11. The average molecular weight is 347 g/mol. The number of thioether (sulfide) groups is 1. The normalized spacial score (nSPS) is 11.8. The molecule has 0 saturated heterocycles. The van der Waals surface area contributed by atoms with Crippen LogP contribution in [0.15, 0.2) is 35.5 Å². The quantitative estimate of drug-likeness (QED) is 0.783. The minimum absolute atomic E-state index is 0.363. The van der Waals surface area contributed by atoms with E-state index in [4.69, 9.17) is 0 Å². The summed E-state index contributed by atoms with van der Waals surface area (Å²) < 4.78 is 1.95. The number of carbonyl (C=O) groups is 2. The number of imide groups is 1. The van der Waals surface area contributed by atoms with E-state index < -0.39 is 11.3 Å². The fraction of sp³-hybridized carbons (Fsp3) is 0.375. The Morgan fingerprint density at radius 1 is 1.21 bits per heavy atom. The van der Waals surface area contributed by atoms with Gasteiger partial charge in [0.2, 0.25) is 5.91 Å². The molecule has 0 bridgehead atoms. The topological polar surface area (TPSA) is 88.9 Å². The van der Waals surface area contributed by atoms with Crippen LogP contribution in [-0.2, 0) is 11.3 Å². The molecule has 0 aliphatic heterocycles. The van der Waals surface area contributed by atoms with Gasteiger partial charge in [-0.05, 0) is 20.8 Å². The Bertz CT molecular complexity index is 702. The molecule has 1 unspecified atom stereocenters. The highest BCUT2D eigenvalue weighted by Gasteiger charge is 2.21. The average Bonchev–Trinajstić information content (AvgIpc) is 2.98. The van der Waals surface area contributed by atoms with Gasteiger partial charge in [-0.15, -0.1) is 10.2 Å². The first kappa shape index (κ1) is 18.0. The zero-order chi connectivity index (χ0) is 17.5. The van der Waals surface area contributed by atoms with Gasteiger partial charge in [-0.1, -0.05) is 42.1 Å². The lowest BCUT2D eigenvalue weighted by atomic mass is 10.2. The number of hydrogen-bond acceptors (Lipinski definition) is 5. The van der Waals surface area contributed by atoms with Crippen molar-refractivity contribution >= 4 is 23.7 Å². The highest BCUT2D eigenvalue weighted by molar-refractivity contribution is 8.00. The highest BCUT2D eigenvalue weighted by Crippen LogP contribution is 2.26. The van der Waals surface area contributed by atoms with Crippen molar-refractivity contribution in [2.45, 2.75) is 37.7 Å². The summed E-state index contributed by atoms with van der Waals surface area (Å²) >= 11 is 1.28. The van der Waals surface area contributed by atoms with Crippen LogP contribution >= 0.6 is 11.8 Å². The molecular weight excluding hydrogens is 326 g/mol. The summed E-state index contributed by atoms with van der Waals surface area (Å²) in [5.74, 6) is 0.398. The highest BCUT2D eigenvalue weighted by atomic mass is 32.2. The van der Waals surface area contributed by atoms with E-state index in [-0.39, 0.29) is 5.91 Å². The van der Waals surface area contributed by atoms with Crippen molar-refractivity contribution in [3.05, 3.63) is 30.3 Å². The van der Waals surface area contributed by atoms with Crippen LogP contribution < -0.4 is 10.6 Å². The molecule has 1 aromatic carbocycles. The van der Waals surface area contributed by atoms with Gasteiger partial charge in [0.25, 0.3) is 0 Å². The molecule has 0 fully saturated rings. The molecule has 0 spiro atoms. The van der Waals surface area contributed by atoms with Crippen molar-refractivity contribution in [2.75, 3.05) is 6.54 Å². The molecule has 24 heavy (non-hydrogen) atoms. The predicted molar refractivity (Wildman–Crippen MR) is 93.7 cm³/mol. The summed E-state index contributed by atoms with van der Waals surface area (Å²) in [6.07, 6.45) is 0. The summed E-state index contributed by atoms with van der Waals surface area (Å²) in [6, 6.07) is 9.28. The number of carbonyl (C=O) groups excluding carboxylic acids is 2. The second kappa shape index (κ2) is 8.49. The van der Waals surface area contributed by atoms with Crippen LogP contribution in [0.4, 0.5) is 4.79 Å². The van der Waals surface area contributed by atoms with Crippen LogP contribution in [-0.4, -0.2) is 38.5 Å². The van der Waals surface area contributed by atoms with E-state index in [2.05, 4.69) is 20.8 Å². The molecule has 3 amide bonds. The predicted octanol–water partition coefficient (Wildman–Crippen LogP) is 2.29. The maximum atomic E-state index is 12.1. The number of aromatic nitrogens is 3. The number of urea groups is 1. The maximum absolute atomic E-state index is 12.1. The first-order valence-electron chi connectivity index (χ1n) is 7.80. The zero-order valence-electron chi connectivity index (χ0n) is 13.9. The van der Waals surface area contributed by atoms with E-state index in [0.29, 0.717) is 18.2 Å². The van der Waals surface area contributed by atoms with E-state index in [1.54, 1.807) is 13.8 Å². The van der Waals surface area contributed by atoms with E-state index in [1.807, 2.05) is 41.8 Å². The lowest BCUT2D eigenvalue weighted by molar-refractivity contribution is -0.119. The molecule has 8 heteroatoms. The Morgan fingerprint density at radius 3 is 2.54 bits per heavy atom. The van der Waals surface area contributed by atoms with Crippen molar-refractivity contribution in [3.63, 3.8) is 0 Å². The molecule has 128 valence electrons. The van der Waals surface area contributed by atoms with Gasteiger partial charge < -0.3 is 9.88 Å². The van der Waals surface area contributed by atoms with Crippen LogP contribution in [0, 0.1) is 0 Å². The lowest BCUT2D eigenvalue weighted by Crippen LogP contribution is -2.42. The molecule has 2 N–H and O–H groups in total. The van der Waals surface area contributed by atoms with E-state index in [0.717, 1.165) is 11.4 Å². The monoisotopic (exact) mass is 347 g/mol. The van der Waals surface area contributed by atoms with Crippen LogP contribution in [0.1, 0.15) is 20.8 Å². The summed E-state index contributed by atoms with van der Waals surface area (Å²) in [5, 5.41) is 13.5. The lowest BCUT2D eigenvalue weighted by Gasteiger charge is -2.12. The largest absolute Gasteiger partial charge is 0.338 e. The van der Waals surface area contributed by atoms with Crippen LogP contribution in [0.25, 0.3) is 11.4 Å². The van der Waals surface area contributed by atoms with Gasteiger partial charge >= 0.3 is 6.03 Å². The summed E-state index contributed by atoms with van der Waals surface area (Å²) in [6.45, 7) is 6.67. The number of benzene rings is 1. The van der Waals surface area contributed by atoms with Gasteiger partial charge in [0.15, 0.2) is 11.0 Å². The third-order valence-corrected chi connectivity index (χ3v) is 4.37. The summed E-state index contributed by atoms with van der Waals surface area (Å²) in [4.78, 5) is 23.5. The van der Waals surface area contributed by atoms with E-state index in [9.17, 15) is 9.59 Å². The van der Waals surface area contributed by atoms with Gasteiger partial charge in [-0.25, -0.2) is 4.79 Å². The molecule has 2 aromatic rings. The third kappa shape index (κ3) is 4.35. The molecule has 7 nitrogen and oxygen atoms in total. The smallest absolute Gasteiger partial charge is 0.321 e. The standard InChI is InChI=1S/C16H21N5O2S/c1-4-17-15(23)18-14(22)11(3)24-16-20-19-13(21(16)5-2)12-9-7-6-8-10-12/h6-11H,4-5H2,1-3H3,(H2,17,18,22,23). The Kier molecular flexibility index (Phi) is 6.36. The molecule has 0 aliphatic carbocycles. The first-order valence-corrected chi connectivity index (χ1v) is 8.68. The van der Waals surface area contributed by atoms with Gasteiger partial charge in [-0.2, -0.15) is 0 Å².